The van der Waals surface area contributed by atoms with E-state index in [0.717, 1.165) is 50.1 Å². The van der Waals surface area contributed by atoms with Crippen LogP contribution in [0.5, 0.6) is 0 Å². The summed E-state index contributed by atoms with van der Waals surface area (Å²) in [5.74, 6) is -0.829. The van der Waals surface area contributed by atoms with Crippen molar-refractivity contribution in [1.29, 1.82) is 0 Å². The van der Waals surface area contributed by atoms with Crippen LogP contribution >= 0.6 is 0 Å². The van der Waals surface area contributed by atoms with Crippen molar-refractivity contribution >= 4 is 44.0 Å². The highest BCUT2D eigenvalue weighted by atomic mass is 35.5. The fourth-order valence-corrected chi connectivity index (χ4v) is 8.12. The average molecular weight is 694 g/mol. The van der Waals surface area contributed by atoms with Gasteiger partial charge in [0.1, 0.15) is 11.3 Å². The number of sulfonamides is 1. The topological polar surface area (TPSA) is 114 Å². The van der Waals surface area contributed by atoms with Crippen molar-refractivity contribution in [3.8, 4) is 22.5 Å². The molecule has 8 nitrogen and oxygen atoms in total. The van der Waals surface area contributed by atoms with Crippen LogP contribution in [-0.2, 0) is 14.8 Å². The molecule has 0 amide bonds. The fraction of sp³-hybridized carbons (Fsp3) is 0.179. The highest BCUT2D eigenvalue weighted by Crippen LogP contribution is 2.43. The van der Waals surface area contributed by atoms with E-state index in [2.05, 4.69) is 10.3 Å². The maximum absolute atomic E-state index is 14.2. The summed E-state index contributed by atoms with van der Waals surface area (Å²) in [5.41, 5.74) is 7.67. The van der Waals surface area contributed by atoms with E-state index in [-0.39, 0.29) is 43.2 Å². The highest BCUT2D eigenvalue weighted by molar-refractivity contribution is 7.89. The zero-order valence-electron chi connectivity index (χ0n) is 27.1. The number of nitrogens with zero attached hydrogens (tertiary/aromatic N) is 1. The number of benzene rings is 5. The molecule has 1 fully saturated rings. The maximum atomic E-state index is 14.2. The molecule has 4 aromatic carbocycles. The third-order valence-electron chi connectivity index (χ3n) is 9.15. The van der Waals surface area contributed by atoms with E-state index >= 15 is 0 Å². The molecule has 4 aromatic rings. The molecule has 1 saturated heterocycles. The SMILES string of the molecule is Cc1ccccc1Nc1ccc2c(-c3ccccc3S(=O)(=O)N3CCC(C(=O)O)CC3)c3ccc(=[NH+]c4ccccc4C)cc-3oc2c1.[Cl-]. The number of nitrogens with one attached hydrogen (secondary N) is 2. The Kier molecular flexibility index (Phi) is 9.61. The van der Waals surface area contributed by atoms with Gasteiger partial charge in [0.15, 0.2) is 0 Å². The number of para-hydroxylation sites is 2. The molecule has 0 unspecified atom stereocenters. The van der Waals surface area contributed by atoms with E-state index in [4.69, 9.17) is 4.42 Å². The van der Waals surface area contributed by atoms with Crippen LogP contribution in [0.4, 0.5) is 17.1 Å². The Balaban J connectivity index is 0.00000417. The lowest BCUT2D eigenvalue weighted by Gasteiger charge is -2.30. The molecular formula is C39H36ClN3O5S. The van der Waals surface area contributed by atoms with Gasteiger partial charge in [0.25, 0.3) is 0 Å². The molecule has 2 aliphatic heterocycles. The lowest BCUT2D eigenvalue weighted by Crippen LogP contribution is -3.00. The van der Waals surface area contributed by atoms with E-state index in [9.17, 15) is 18.3 Å². The Morgan fingerprint density at radius 3 is 2.27 bits per heavy atom. The lowest BCUT2D eigenvalue weighted by molar-refractivity contribution is -0.403. The van der Waals surface area contributed by atoms with Crippen LogP contribution in [0.25, 0.3) is 33.4 Å². The third kappa shape index (κ3) is 6.70. The number of aliphatic carboxylic acids is 1. The van der Waals surface area contributed by atoms with Crippen LogP contribution in [0.1, 0.15) is 24.0 Å². The van der Waals surface area contributed by atoms with Crippen LogP contribution in [0.2, 0.25) is 0 Å². The number of aryl methyl sites for hydroxylation is 2. The standard InChI is InChI=1S/C39H35N3O5S.ClH/c1-25-9-3-6-12-33(25)40-28-15-17-30-35(23-28)47-36-24-29(41-34-13-7-4-10-26(34)2)16-18-31(36)38(30)32-11-5-8-14-37(32)48(45,46)42-21-19-27(20-22-42)39(43)44;/h3-18,23-24,27,40H,19-22H2,1-2H3,(H,43,44);1H. The van der Waals surface area contributed by atoms with Crippen LogP contribution in [0, 0.1) is 19.8 Å². The van der Waals surface area contributed by atoms with E-state index < -0.39 is 21.9 Å². The van der Waals surface area contributed by atoms with Gasteiger partial charge in [-0.15, -0.1) is 0 Å². The molecule has 0 radical (unpaired) electrons. The lowest BCUT2D eigenvalue weighted by atomic mass is 9.93. The highest BCUT2D eigenvalue weighted by Gasteiger charge is 2.34. The summed E-state index contributed by atoms with van der Waals surface area (Å²) >= 11 is 0. The summed E-state index contributed by atoms with van der Waals surface area (Å²) in [7, 11) is -3.95. The second kappa shape index (κ2) is 13.9. The normalized spacial score (nSPS) is 14.5. The second-order valence-electron chi connectivity index (χ2n) is 12.3. The molecule has 7 rings (SSSR count). The molecule has 49 heavy (non-hydrogen) atoms. The Morgan fingerprint density at radius 1 is 0.837 bits per heavy atom. The molecule has 2 heterocycles. The van der Waals surface area contributed by atoms with Gasteiger partial charge in [-0.2, -0.15) is 4.31 Å². The van der Waals surface area contributed by atoms with Crippen molar-refractivity contribution in [3.63, 3.8) is 0 Å². The third-order valence-corrected chi connectivity index (χ3v) is 11.1. The van der Waals surface area contributed by atoms with Gasteiger partial charge in [-0.25, -0.2) is 13.4 Å². The van der Waals surface area contributed by atoms with Crippen molar-refractivity contribution < 1.29 is 40.1 Å². The quantitative estimate of drug-likeness (QED) is 0.221. The van der Waals surface area contributed by atoms with Crippen molar-refractivity contribution in [2.24, 2.45) is 5.92 Å². The van der Waals surface area contributed by atoms with Crippen LogP contribution in [0.3, 0.4) is 0 Å². The van der Waals surface area contributed by atoms with Crippen LogP contribution in [0.15, 0.2) is 119 Å². The first-order chi connectivity index (χ1) is 23.2. The summed E-state index contributed by atoms with van der Waals surface area (Å²) in [4.78, 5) is 15.2. The summed E-state index contributed by atoms with van der Waals surface area (Å²) < 4.78 is 36.5. The Morgan fingerprint density at radius 2 is 1.53 bits per heavy atom. The predicted octanol–water partition coefficient (Wildman–Crippen LogP) is 3.37. The first-order valence-electron chi connectivity index (χ1n) is 16.0. The molecular weight excluding hydrogens is 658 g/mol. The molecule has 250 valence electrons. The first-order valence-corrected chi connectivity index (χ1v) is 17.4. The summed E-state index contributed by atoms with van der Waals surface area (Å²) in [6.07, 6.45) is 0.556. The smallest absolute Gasteiger partial charge is 0.306 e. The van der Waals surface area contributed by atoms with Crippen molar-refractivity contribution in [2.75, 3.05) is 18.4 Å². The van der Waals surface area contributed by atoms with Crippen molar-refractivity contribution in [3.05, 3.63) is 126 Å². The number of fused-ring (bicyclic) bond motifs is 2. The molecule has 0 bridgehead atoms. The predicted molar refractivity (Wildman–Crippen MR) is 187 cm³/mol. The van der Waals surface area contributed by atoms with Crippen LogP contribution in [-0.4, -0.2) is 36.9 Å². The Labute approximate surface area is 291 Å². The maximum Gasteiger partial charge on any atom is 0.306 e. The van der Waals surface area contributed by atoms with Gasteiger partial charge in [-0.3, -0.25) is 4.79 Å². The minimum absolute atomic E-state index is 0. The van der Waals surface area contributed by atoms with Crippen molar-refractivity contribution in [1.82, 2.24) is 4.31 Å². The van der Waals surface area contributed by atoms with Gasteiger partial charge in [-0.1, -0.05) is 54.6 Å². The molecule has 0 spiro atoms. The first kappa shape index (κ1) is 33.9. The number of anilines is 2. The van der Waals surface area contributed by atoms with E-state index in [0.29, 0.717) is 16.9 Å². The minimum atomic E-state index is -3.95. The van der Waals surface area contributed by atoms with Crippen molar-refractivity contribution in [2.45, 2.75) is 31.6 Å². The van der Waals surface area contributed by atoms with Gasteiger partial charge in [0.05, 0.1) is 16.9 Å². The van der Waals surface area contributed by atoms with E-state index in [1.54, 1.807) is 12.1 Å². The van der Waals surface area contributed by atoms with Crippen LogP contribution < -0.4 is 28.1 Å². The summed E-state index contributed by atoms with van der Waals surface area (Å²) in [6, 6.07) is 34.9. The molecule has 0 aromatic heterocycles. The number of carboxylic acids is 1. The minimum Gasteiger partial charge on any atom is -1.00 e. The molecule has 0 atom stereocenters. The zero-order chi connectivity index (χ0) is 33.4. The number of carboxylic acid groups (broad SMARTS) is 1. The number of hydrogen-bond donors (Lipinski definition) is 3. The number of carbonyl (C=O) groups is 1. The number of hydrogen-bond acceptors (Lipinski definition) is 5. The summed E-state index contributed by atoms with van der Waals surface area (Å²) in [6.45, 7) is 4.40. The largest absolute Gasteiger partial charge is 1.00 e. The van der Waals surface area contributed by atoms with Gasteiger partial charge < -0.3 is 27.2 Å². The average Bonchev–Trinajstić information content (AvgIpc) is 3.09. The summed E-state index contributed by atoms with van der Waals surface area (Å²) in [5, 5.41) is 14.6. The zero-order valence-corrected chi connectivity index (χ0v) is 28.7. The van der Waals surface area contributed by atoms with E-state index in [1.807, 2.05) is 111 Å². The molecule has 0 saturated carbocycles. The second-order valence-corrected chi connectivity index (χ2v) is 14.2. The fourth-order valence-electron chi connectivity index (χ4n) is 6.45. The Hall–Kier alpha value is -4.96. The van der Waals surface area contributed by atoms with E-state index in [1.165, 1.54) is 4.31 Å². The molecule has 1 aliphatic carbocycles. The number of piperidine rings is 1. The number of rotatable bonds is 7. The van der Waals surface area contributed by atoms with Gasteiger partial charge >= 0.3 is 5.97 Å². The van der Waals surface area contributed by atoms with Gasteiger partial charge in [0.2, 0.25) is 21.1 Å². The Bertz CT molecular complexity index is 2330. The monoisotopic (exact) mass is 693 g/mol. The van der Waals surface area contributed by atoms with Gasteiger partial charge in [0, 0.05) is 70.3 Å². The van der Waals surface area contributed by atoms with Gasteiger partial charge in [-0.05, 0) is 62.6 Å². The molecule has 3 N–H and O–H groups in total. The molecule has 10 heteroatoms. The number of halogens is 1. The molecule has 3 aliphatic rings.